The maximum absolute atomic E-state index is 11.7. The van der Waals surface area contributed by atoms with Crippen LogP contribution in [0, 0.1) is 5.92 Å². The van der Waals surface area contributed by atoms with Crippen molar-refractivity contribution in [3.8, 4) is 0 Å². The van der Waals surface area contributed by atoms with Gasteiger partial charge in [0.15, 0.2) is 6.10 Å². The van der Waals surface area contributed by atoms with Gasteiger partial charge >= 0.3 is 29.8 Å². The van der Waals surface area contributed by atoms with Gasteiger partial charge in [-0.25, -0.2) is 0 Å². The molecule has 1 aliphatic heterocycles. The number of carbonyl (C=O) groups is 5. The summed E-state index contributed by atoms with van der Waals surface area (Å²) < 4.78 is 26.5. The molecule has 1 fully saturated rings. The van der Waals surface area contributed by atoms with Gasteiger partial charge in [0.05, 0.1) is 12.3 Å². The highest BCUT2D eigenvalue weighted by molar-refractivity contribution is 5.70. The number of carboxylic acids is 1. The van der Waals surface area contributed by atoms with Crippen LogP contribution in [0.2, 0.25) is 0 Å². The molecule has 11 nitrogen and oxygen atoms in total. The Hall–Kier alpha value is -2.69. The molecule has 1 aliphatic rings. The molecule has 0 aromatic rings. The SMILES string of the molecule is CC[C@H](OC(C)=O)[C@H]1OC(OC(C)=O)[C@@H](OC(C)=O)[C@@H](CC(=O)O)[C@H]1OC(C)=O. The molecular formula is C18H26O11. The van der Waals surface area contributed by atoms with Crippen LogP contribution in [-0.2, 0) is 47.7 Å². The highest BCUT2D eigenvalue weighted by Gasteiger charge is 2.54. The van der Waals surface area contributed by atoms with Crippen LogP contribution >= 0.6 is 0 Å². The molecule has 0 bridgehead atoms. The minimum Gasteiger partial charge on any atom is -0.481 e. The lowest BCUT2D eigenvalue weighted by Gasteiger charge is -2.46. The van der Waals surface area contributed by atoms with Gasteiger partial charge < -0.3 is 28.8 Å². The maximum Gasteiger partial charge on any atom is 0.305 e. The molecule has 1 N–H and O–H groups in total. The number of aliphatic carboxylic acids is 1. The molecule has 164 valence electrons. The van der Waals surface area contributed by atoms with Crippen molar-refractivity contribution >= 4 is 29.8 Å². The molecule has 1 saturated heterocycles. The van der Waals surface area contributed by atoms with Crippen molar-refractivity contribution in [2.45, 2.75) is 78.2 Å². The predicted octanol–water partition coefficient (Wildman–Crippen LogP) is 0.570. The van der Waals surface area contributed by atoms with E-state index in [0.29, 0.717) is 0 Å². The molecule has 0 spiro atoms. The van der Waals surface area contributed by atoms with E-state index < -0.39 is 72.9 Å². The molecule has 29 heavy (non-hydrogen) atoms. The predicted molar refractivity (Wildman–Crippen MR) is 93.1 cm³/mol. The lowest BCUT2D eigenvalue weighted by molar-refractivity contribution is -0.297. The maximum atomic E-state index is 11.7. The third-order valence-electron chi connectivity index (χ3n) is 4.11. The summed E-state index contributed by atoms with van der Waals surface area (Å²) in [6.45, 7) is 6.14. The standard InChI is InChI=1S/C18H26O11/c1-6-13(25-8(2)19)17-15(26-9(3)20)12(7-14(23)24)16(27-10(4)21)18(29-17)28-11(5)22/h12-13,15-18H,6-7H2,1-5H3,(H,23,24)/t12-,13-,15+,16-,17+,18?/m0/s1. The van der Waals surface area contributed by atoms with Crippen LogP contribution in [0.4, 0.5) is 0 Å². The molecule has 0 aromatic heterocycles. The van der Waals surface area contributed by atoms with Gasteiger partial charge in [-0.3, -0.25) is 24.0 Å². The first kappa shape index (κ1) is 24.3. The lowest BCUT2D eigenvalue weighted by Crippen LogP contribution is -2.61. The number of carboxylic acid groups (broad SMARTS) is 1. The summed E-state index contributed by atoms with van der Waals surface area (Å²) in [6.07, 6.45) is -6.55. The van der Waals surface area contributed by atoms with Crippen LogP contribution in [0.3, 0.4) is 0 Å². The second-order valence-corrected chi connectivity index (χ2v) is 6.54. The van der Waals surface area contributed by atoms with Crippen molar-refractivity contribution in [2.24, 2.45) is 5.92 Å². The summed E-state index contributed by atoms with van der Waals surface area (Å²) in [4.78, 5) is 57.7. The van der Waals surface area contributed by atoms with E-state index in [-0.39, 0.29) is 6.42 Å². The average molecular weight is 418 g/mol. The van der Waals surface area contributed by atoms with E-state index in [1.54, 1.807) is 6.92 Å². The third-order valence-corrected chi connectivity index (χ3v) is 4.11. The van der Waals surface area contributed by atoms with Crippen molar-refractivity contribution in [2.75, 3.05) is 0 Å². The summed E-state index contributed by atoms with van der Waals surface area (Å²) in [5.41, 5.74) is 0. The van der Waals surface area contributed by atoms with Crippen LogP contribution in [0.25, 0.3) is 0 Å². The molecule has 0 aromatic carbocycles. The van der Waals surface area contributed by atoms with E-state index in [9.17, 15) is 29.1 Å². The first-order valence-electron chi connectivity index (χ1n) is 9.02. The largest absolute Gasteiger partial charge is 0.481 e. The Bertz CT molecular complexity index is 644. The van der Waals surface area contributed by atoms with E-state index in [0.717, 1.165) is 20.8 Å². The molecule has 0 aliphatic carbocycles. The van der Waals surface area contributed by atoms with E-state index in [4.69, 9.17) is 23.7 Å². The number of carbonyl (C=O) groups excluding carboxylic acids is 4. The minimum absolute atomic E-state index is 0.229. The summed E-state index contributed by atoms with van der Waals surface area (Å²) in [6, 6.07) is 0. The summed E-state index contributed by atoms with van der Waals surface area (Å²) in [5, 5.41) is 9.35. The van der Waals surface area contributed by atoms with Crippen molar-refractivity contribution in [1.82, 2.24) is 0 Å². The smallest absolute Gasteiger partial charge is 0.305 e. The Balaban J connectivity index is 3.46. The Morgan fingerprint density at radius 3 is 1.79 bits per heavy atom. The number of esters is 4. The Kier molecular flexibility index (Phi) is 9.02. The second-order valence-electron chi connectivity index (χ2n) is 6.54. The lowest BCUT2D eigenvalue weighted by atomic mass is 9.83. The van der Waals surface area contributed by atoms with Gasteiger partial charge in [0.25, 0.3) is 0 Å². The van der Waals surface area contributed by atoms with E-state index in [1.165, 1.54) is 6.92 Å². The molecule has 0 saturated carbocycles. The fourth-order valence-electron chi connectivity index (χ4n) is 3.21. The monoisotopic (exact) mass is 418 g/mol. The molecular weight excluding hydrogens is 392 g/mol. The summed E-state index contributed by atoms with van der Waals surface area (Å²) in [7, 11) is 0. The van der Waals surface area contributed by atoms with Crippen LogP contribution in [0.1, 0.15) is 47.5 Å². The van der Waals surface area contributed by atoms with Gasteiger partial charge in [-0.1, -0.05) is 6.92 Å². The zero-order valence-electron chi connectivity index (χ0n) is 16.9. The Morgan fingerprint density at radius 1 is 0.862 bits per heavy atom. The normalized spacial score (nSPS) is 27.3. The average Bonchev–Trinajstić information content (AvgIpc) is 2.56. The van der Waals surface area contributed by atoms with Gasteiger partial charge in [-0.2, -0.15) is 0 Å². The Labute approximate surface area is 167 Å². The quantitative estimate of drug-likeness (QED) is 0.435. The highest BCUT2D eigenvalue weighted by Crippen LogP contribution is 2.36. The van der Waals surface area contributed by atoms with Gasteiger partial charge in [0.1, 0.15) is 18.3 Å². The zero-order valence-corrected chi connectivity index (χ0v) is 16.9. The van der Waals surface area contributed by atoms with Gasteiger partial charge in [-0.15, -0.1) is 0 Å². The van der Waals surface area contributed by atoms with Gasteiger partial charge in [-0.05, 0) is 6.42 Å². The van der Waals surface area contributed by atoms with Crippen molar-refractivity contribution in [3.05, 3.63) is 0 Å². The Morgan fingerprint density at radius 2 is 1.38 bits per heavy atom. The second kappa shape index (κ2) is 10.7. The molecule has 6 atom stereocenters. The van der Waals surface area contributed by atoms with E-state index in [1.807, 2.05) is 0 Å². The van der Waals surface area contributed by atoms with Crippen LogP contribution < -0.4 is 0 Å². The van der Waals surface area contributed by atoms with Crippen LogP contribution in [0.15, 0.2) is 0 Å². The number of hydrogen-bond donors (Lipinski definition) is 1. The zero-order chi connectivity index (χ0) is 22.3. The molecule has 1 unspecified atom stereocenters. The highest BCUT2D eigenvalue weighted by atomic mass is 16.7. The van der Waals surface area contributed by atoms with Gasteiger partial charge in [0, 0.05) is 27.7 Å². The molecule has 1 rings (SSSR count). The third kappa shape index (κ3) is 7.33. The van der Waals surface area contributed by atoms with Crippen molar-refractivity contribution in [1.29, 1.82) is 0 Å². The first-order valence-corrected chi connectivity index (χ1v) is 9.02. The van der Waals surface area contributed by atoms with Crippen molar-refractivity contribution < 1.29 is 52.8 Å². The fraction of sp³-hybridized carbons (Fsp3) is 0.722. The minimum atomic E-state index is -1.48. The molecule has 0 radical (unpaired) electrons. The topological polar surface area (TPSA) is 152 Å². The summed E-state index contributed by atoms with van der Waals surface area (Å²) in [5.74, 6) is -5.34. The van der Waals surface area contributed by atoms with Gasteiger partial charge in [0.2, 0.25) is 6.29 Å². The fourth-order valence-corrected chi connectivity index (χ4v) is 3.21. The van der Waals surface area contributed by atoms with Crippen LogP contribution in [0.5, 0.6) is 0 Å². The number of rotatable bonds is 8. The molecule has 1 heterocycles. The number of hydrogen-bond acceptors (Lipinski definition) is 10. The first-order chi connectivity index (χ1) is 13.5. The van der Waals surface area contributed by atoms with E-state index in [2.05, 4.69) is 0 Å². The van der Waals surface area contributed by atoms with Crippen molar-refractivity contribution in [3.63, 3.8) is 0 Å². The van der Waals surface area contributed by atoms with E-state index >= 15 is 0 Å². The summed E-state index contributed by atoms with van der Waals surface area (Å²) >= 11 is 0. The number of ether oxygens (including phenoxy) is 5. The van der Waals surface area contributed by atoms with Crippen LogP contribution in [-0.4, -0.2) is 65.7 Å². The molecule has 11 heteroatoms. The molecule has 0 amide bonds.